The summed E-state index contributed by atoms with van der Waals surface area (Å²) in [6.45, 7) is 8.91. The summed E-state index contributed by atoms with van der Waals surface area (Å²) in [4.78, 5) is 8.78. The summed E-state index contributed by atoms with van der Waals surface area (Å²) in [7, 11) is 0. The van der Waals surface area contributed by atoms with Crippen LogP contribution in [0.2, 0.25) is 0 Å². The molecule has 0 atom stereocenters. The number of aromatic nitrogens is 4. The van der Waals surface area contributed by atoms with Gasteiger partial charge in [0, 0.05) is 37.4 Å². The quantitative estimate of drug-likeness (QED) is 0.844. The summed E-state index contributed by atoms with van der Waals surface area (Å²) < 4.78 is 4.30. The molecule has 0 radical (unpaired) electrons. The summed E-state index contributed by atoms with van der Waals surface area (Å²) in [5.74, 6) is 2.12. The highest BCUT2D eigenvalue weighted by Gasteiger charge is 2.07. The standard InChI is InChI=1S/C13H21N5/c1-4-17-7-5-15-13(17)10-18-8-6-14-12(18)9-16-11(2)3/h5-8,11,16H,4,9-10H2,1-3H3. The Morgan fingerprint density at radius 1 is 1.11 bits per heavy atom. The number of nitrogens with zero attached hydrogens (tertiary/aromatic N) is 4. The number of hydrogen-bond donors (Lipinski definition) is 1. The molecule has 0 unspecified atom stereocenters. The molecule has 0 aliphatic carbocycles. The lowest BCUT2D eigenvalue weighted by molar-refractivity contribution is 0.546. The van der Waals surface area contributed by atoms with E-state index in [4.69, 9.17) is 0 Å². The molecule has 0 aliphatic rings. The summed E-state index contributed by atoms with van der Waals surface area (Å²) in [5, 5.41) is 3.39. The molecule has 0 fully saturated rings. The third kappa shape index (κ3) is 2.98. The van der Waals surface area contributed by atoms with Gasteiger partial charge in [0.15, 0.2) is 0 Å². The first-order valence-corrected chi connectivity index (χ1v) is 6.44. The van der Waals surface area contributed by atoms with Gasteiger partial charge in [-0.3, -0.25) is 0 Å². The van der Waals surface area contributed by atoms with Crippen LogP contribution in [-0.4, -0.2) is 25.1 Å². The molecule has 5 nitrogen and oxygen atoms in total. The van der Waals surface area contributed by atoms with Crippen molar-refractivity contribution in [2.75, 3.05) is 0 Å². The Labute approximate surface area is 108 Å². The first kappa shape index (κ1) is 12.8. The SMILES string of the molecule is CCn1ccnc1Cn1ccnc1CNC(C)C. The van der Waals surface area contributed by atoms with Crippen LogP contribution in [-0.2, 0) is 19.6 Å². The highest BCUT2D eigenvalue weighted by molar-refractivity contribution is 4.99. The molecule has 0 spiro atoms. The van der Waals surface area contributed by atoms with E-state index in [-0.39, 0.29) is 0 Å². The van der Waals surface area contributed by atoms with Crippen LogP contribution in [0.5, 0.6) is 0 Å². The van der Waals surface area contributed by atoms with Crippen molar-refractivity contribution in [3.63, 3.8) is 0 Å². The van der Waals surface area contributed by atoms with E-state index in [1.165, 1.54) is 0 Å². The molecule has 0 aliphatic heterocycles. The van der Waals surface area contributed by atoms with Crippen LogP contribution in [0.15, 0.2) is 24.8 Å². The summed E-state index contributed by atoms with van der Waals surface area (Å²) >= 11 is 0. The van der Waals surface area contributed by atoms with Crippen LogP contribution in [0.3, 0.4) is 0 Å². The third-order valence-corrected chi connectivity index (χ3v) is 2.92. The van der Waals surface area contributed by atoms with E-state index >= 15 is 0 Å². The number of rotatable bonds is 6. The van der Waals surface area contributed by atoms with Gasteiger partial charge in [0.05, 0.1) is 13.1 Å². The Bertz CT molecular complexity index is 483. The second-order valence-corrected chi connectivity index (χ2v) is 4.64. The van der Waals surface area contributed by atoms with E-state index in [0.717, 1.165) is 31.3 Å². The molecule has 1 N–H and O–H groups in total. The van der Waals surface area contributed by atoms with Gasteiger partial charge in [-0.1, -0.05) is 13.8 Å². The van der Waals surface area contributed by atoms with Crippen molar-refractivity contribution in [1.82, 2.24) is 24.4 Å². The zero-order valence-electron chi connectivity index (χ0n) is 11.3. The maximum absolute atomic E-state index is 4.39. The molecule has 18 heavy (non-hydrogen) atoms. The van der Waals surface area contributed by atoms with Crippen molar-refractivity contribution in [3.05, 3.63) is 36.4 Å². The summed E-state index contributed by atoms with van der Waals surface area (Å²) in [5.41, 5.74) is 0. The second-order valence-electron chi connectivity index (χ2n) is 4.64. The predicted octanol–water partition coefficient (Wildman–Crippen LogP) is 1.65. The van der Waals surface area contributed by atoms with E-state index in [9.17, 15) is 0 Å². The summed E-state index contributed by atoms with van der Waals surface area (Å²) in [6.07, 6.45) is 7.71. The zero-order valence-corrected chi connectivity index (χ0v) is 11.3. The fourth-order valence-corrected chi connectivity index (χ4v) is 1.88. The van der Waals surface area contributed by atoms with Crippen molar-refractivity contribution in [3.8, 4) is 0 Å². The molecule has 0 aromatic carbocycles. The molecule has 2 aromatic rings. The van der Waals surface area contributed by atoms with Gasteiger partial charge in [-0.25, -0.2) is 9.97 Å². The maximum Gasteiger partial charge on any atom is 0.128 e. The van der Waals surface area contributed by atoms with Crippen LogP contribution in [0, 0.1) is 0 Å². The molecule has 2 rings (SSSR count). The molecule has 2 aromatic heterocycles. The first-order chi connectivity index (χ1) is 8.70. The van der Waals surface area contributed by atoms with Gasteiger partial charge in [-0.15, -0.1) is 0 Å². The van der Waals surface area contributed by atoms with Gasteiger partial charge in [0.1, 0.15) is 11.6 Å². The van der Waals surface area contributed by atoms with E-state index < -0.39 is 0 Å². The fraction of sp³-hybridized carbons (Fsp3) is 0.538. The van der Waals surface area contributed by atoms with Crippen molar-refractivity contribution in [2.45, 2.75) is 46.4 Å². The van der Waals surface area contributed by atoms with Gasteiger partial charge in [0.25, 0.3) is 0 Å². The molecule has 0 saturated carbocycles. The minimum atomic E-state index is 0.466. The Balaban J connectivity index is 2.07. The van der Waals surface area contributed by atoms with E-state index in [1.54, 1.807) is 0 Å². The van der Waals surface area contributed by atoms with Crippen LogP contribution >= 0.6 is 0 Å². The lowest BCUT2D eigenvalue weighted by Crippen LogP contribution is -2.24. The highest BCUT2D eigenvalue weighted by Crippen LogP contribution is 2.05. The second kappa shape index (κ2) is 5.82. The first-order valence-electron chi connectivity index (χ1n) is 6.44. The van der Waals surface area contributed by atoms with Crippen LogP contribution in [0.1, 0.15) is 32.4 Å². The Kier molecular flexibility index (Phi) is 4.15. The Hall–Kier alpha value is -1.62. The van der Waals surface area contributed by atoms with Crippen molar-refractivity contribution >= 4 is 0 Å². The average molecular weight is 247 g/mol. The number of nitrogens with one attached hydrogen (secondary N) is 1. The predicted molar refractivity (Wildman–Crippen MR) is 71.2 cm³/mol. The Morgan fingerprint density at radius 3 is 2.44 bits per heavy atom. The number of hydrogen-bond acceptors (Lipinski definition) is 3. The molecular formula is C13H21N5. The average Bonchev–Trinajstić information content (AvgIpc) is 2.96. The monoisotopic (exact) mass is 247 g/mol. The van der Waals surface area contributed by atoms with Gasteiger partial charge < -0.3 is 14.5 Å². The highest BCUT2D eigenvalue weighted by atomic mass is 15.1. The largest absolute Gasteiger partial charge is 0.334 e. The lowest BCUT2D eigenvalue weighted by Gasteiger charge is -2.11. The minimum Gasteiger partial charge on any atom is -0.334 e. The normalized spacial score (nSPS) is 11.3. The number of imidazole rings is 2. The lowest BCUT2D eigenvalue weighted by atomic mass is 10.4. The molecule has 0 saturated heterocycles. The Morgan fingerprint density at radius 2 is 1.78 bits per heavy atom. The summed E-state index contributed by atoms with van der Waals surface area (Å²) in [6, 6.07) is 0.466. The smallest absolute Gasteiger partial charge is 0.128 e. The molecular weight excluding hydrogens is 226 g/mol. The van der Waals surface area contributed by atoms with Gasteiger partial charge in [-0.2, -0.15) is 0 Å². The van der Waals surface area contributed by atoms with Crippen LogP contribution < -0.4 is 5.32 Å². The van der Waals surface area contributed by atoms with Crippen LogP contribution in [0.25, 0.3) is 0 Å². The van der Waals surface area contributed by atoms with E-state index in [0.29, 0.717) is 6.04 Å². The maximum atomic E-state index is 4.39. The fourth-order valence-electron chi connectivity index (χ4n) is 1.88. The minimum absolute atomic E-state index is 0.466. The van der Waals surface area contributed by atoms with Crippen molar-refractivity contribution in [1.29, 1.82) is 0 Å². The third-order valence-electron chi connectivity index (χ3n) is 2.92. The molecule has 0 amide bonds. The van der Waals surface area contributed by atoms with Crippen LogP contribution in [0.4, 0.5) is 0 Å². The molecule has 98 valence electrons. The molecule has 5 heteroatoms. The van der Waals surface area contributed by atoms with Crippen molar-refractivity contribution in [2.24, 2.45) is 0 Å². The van der Waals surface area contributed by atoms with E-state index in [1.807, 2.05) is 24.8 Å². The molecule has 2 heterocycles. The molecule has 0 bridgehead atoms. The van der Waals surface area contributed by atoms with Gasteiger partial charge in [-0.05, 0) is 6.92 Å². The van der Waals surface area contributed by atoms with Crippen molar-refractivity contribution < 1.29 is 0 Å². The van der Waals surface area contributed by atoms with Gasteiger partial charge in [0.2, 0.25) is 0 Å². The zero-order chi connectivity index (χ0) is 13.0. The topological polar surface area (TPSA) is 47.7 Å². The number of aryl methyl sites for hydroxylation is 1. The van der Waals surface area contributed by atoms with E-state index in [2.05, 4.69) is 45.2 Å². The van der Waals surface area contributed by atoms with Gasteiger partial charge >= 0.3 is 0 Å².